The van der Waals surface area contributed by atoms with Gasteiger partial charge in [0.2, 0.25) is 0 Å². The van der Waals surface area contributed by atoms with Gasteiger partial charge in [-0.2, -0.15) is 0 Å². The second-order valence-corrected chi connectivity index (χ2v) is 5.34. The smallest absolute Gasteiger partial charge is 0.0864 e. The molecule has 0 radical (unpaired) electrons. The Morgan fingerprint density at radius 3 is 2.37 bits per heavy atom. The molecule has 0 aromatic heterocycles. The van der Waals surface area contributed by atoms with Gasteiger partial charge in [0, 0.05) is 18.9 Å². The predicted molar refractivity (Wildman–Crippen MR) is 69.8 cm³/mol. The monoisotopic (exact) mass is 264 g/mol. The quantitative estimate of drug-likeness (QED) is 0.796. The Labute approximate surface area is 113 Å². The predicted octanol–water partition coefficient (Wildman–Crippen LogP) is 1.06. The Kier molecular flexibility index (Phi) is 3.84. The molecule has 0 spiro atoms. The van der Waals surface area contributed by atoms with E-state index >= 15 is 0 Å². The summed E-state index contributed by atoms with van der Waals surface area (Å²) < 4.78 is 10.5. The molecule has 2 N–H and O–H groups in total. The average molecular weight is 264 g/mol. The Balaban J connectivity index is 0.000000132. The van der Waals surface area contributed by atoms with Gasteiger partial charge in [0.05, 0.1) is 31.5 Å². The first-order chi connectivity index (χ1) is 9.29. The Hall–Kier alpha value is -0.940. The van der Waals surface area contributed by atoms with Crippen molar-refractivity contribution in [2.24, 2.45) is 5.92 Å². The molecule has 0 amide bonds. The van der Waals surface area contributed by atoms with Crippen LogP contribution in [0.5, 0.6) is 0 Å². The Morgan fingerprint density at radius 1 is 1.11 bits per heavy atom. The molecular weight excluding hydrogens is 244 g/mol. The van der Waals surface area contributed by atoms with Crippen LogP contribution in [-0.4, -0.2) is 42.2 Å². The summed E-state index contributed by atoms with van der Waals surface area (Å²) in [5.74, 6) is 0.00222. The Bertz CT molecular complexity index is 424. The zero-order valence-electron chi connectivity index (χ0n) is 10.9. The number of ether oxygens (including phenoxy) is 2. The third kappa shape index (κ3) is 2.82. The minimum atomic E-state index is -0.466. The van der Waals surface area contributed by atoms with E-state index in [-0.39, 0.29) is 12.5 Å². The average Bonchev–Trinajstić information content (AvgIpc) is 3.18. The minimum Gasteiger partial charge on any atom is -0.396 e. The van der Waals surface area contributed by atoms with Gasteiger partial charge in [-0.15, -0.1) is 0 Å². The normalized spacial score (nSPS) is 34.8. The second kappa shape index (κ2) is 5.59. The van der Waals surface area contributed by atoms with Gasteiger partial charge in [0.1, 0.15) is 0 Å². The molecule has 4 nitrogen and oxygen atoms in total. The van der Waals surface area contributed by atoms with Crippen molar-refractivity contribution in [3.05, 3.63) is 35.4 Å². The fourth-order valence-corrected chi connectivity index (χ4v) is 2.72. The molecule has 4 heteroatoms. The van der Waals surface area contributed by atoms with E-state index in [0.29, 0.717) is 12.2 Å². The van der Waals surface area contributed by atoms with Crippen molar-refractivity contribution in [3.63, 3.8) is 0 Å². The largest absolute Gasteiger partial charge is 0.396 e. The molecule has 104 valence electrons. The number of benzene rings is 1. The lowest BCUT2D eigenvalue weighted by atomic mass is 10.1. The van der Waals surface area contributed by atoms with Gasteiger partial charge in [-0.1, -0.05) is 24.3 Å². The van der Waals surface area contributed by atoms with E-state index in [9.17, 15) is 5.11 Å². The van der Waals surface area contributed by atoms with E-state index in [1.807, 2.05) is 24.3 Å². The molecule has 1 heterocycles. The highest BCUT2D eigenvalue weighted by Crippen LogP contribution is 2.35. The summed E-state index contributed by atoms with van der Waals surface area (Å²) >= 11 is 0. The third-order valence-corrected chi connectivity index (χ3v) is 3.96. The minimum absolute atomic E-state index is 0.00222. The first-order valence-corrected chi connectivity index (χ1v) is 6.89. The van der Waals surface area contributed by atoms with Crippen LogP contribution in [0, 0.1) is 5.92 Å². The number of hydrogen-bond acceptors (Lipinski definition) is 4. The maximum Gasteiger partial charge on any atom is 0.0864 e. The molecule has 19 heavy (non-hydrogen) atoms. The molecule has 1 saturated carbocycles. The summed E-state index contributed by atoms with van der Waals surface area (Å²) in [6.07, 6.45) is 2.43. The van der Waals surface area contributed by atoms with Gasteiger partial charge in [-0.05, 0) is 17.5 Å². The summed E-state index contributed by atoms with van der Waals surface area (Å²) in [4.78, 5) is 0. The molecule has 4 rings (SSSR count). The van der Waals surface area contributed by atoms with Crippen LogP contribution in [0.2, 0.25) is 0 Å². The fraction of sp³-hybridized carbons (Fsp3) is 0.600. The van der Waals surface area contributed by atoms with Crippen molar-refractivity contribution in [1.29, 1.82) is 0 Å². The van der Waals surface area contributed by atoms with Crippen molar-refractivity contribution < 1.29 is 19.7 Å². The molecule has 2 aliphatic carbocycles. The molecule has 3 aliphatic rings. The molecule has 1 aromatic rings. The summed E-state index contributed by atoms with van der Waals surface area (Å²) in [6, 6.07) is 7.82. The van der Waals surface area contributed by atoms with Crippen molar-refractivity contribution in [2.45, 2.75) is 31.2 Å². The van der Waals surface area contributed by atoms with Gasteiger partial charge < -0.3 is 19.7 Å². The standard InChI is InChI=1S/C10H12O2.C5H8O2/c11-6-8-5-7-3-1-2-4-9(7)10(8)12;1-2-7-5-3-4(5)6-1/h1-4,8,10-12H,5-6H2;4-5H,1-3H2. The first-order valence-electron chi connectivity index (χ1n) is 6.89. The maximum absolute atomic E-state index is 9.68. The van der Waals surface area contributed by atoms with Crippen LogP contribution in [-0.2, 0) is 15.9 Å². The van der Waals surface area contributed by atoms with Gasteiger partial charge >= 0.3 is 0 Å². The van der Waals surface area contributed by atoms with Gasteiger partial charge in [0.15, 0.2) is 0 Å². The molecule has 1 aromatic carbocycles. The molecule has 2 fully saturated rings. The summed E-state index contributed by atoms with van der Waals surface area (Å²) in [5.41, 5.74) is 2.15. The molecular formula is C15H20O4. The number of hydrogen-bond donors (Lipinski definition) is 2. The molecule has 4 atom stereocenters. The zero-order chi connectivity index (χ0) is 13.2. The van der Waals surface area contributed by atoms with E-state index in [1.54, 1.807) is 0 Å². The summed E-state index contributed by atoms with van der Waals surface area (Å²) in [6.45, 7) is 1.68. The lowest BCUT2D eigenvalue weighted by Crippen LogP contribution is -2.16. The van der Waals surface area contributed by atoms with Gasteiger partial charge in [0.25, 0.3) is 0 Å². The van der Waals surface area contributed by atoms with Crippen LogP contribution in [0.1, 0.15) is 23.7 Å². The number of fused-ring (bicyclic) bond motifs is 2. The van der Waals surface area contributed by atoms with E-state index in [0.717, 1.165) is 31.6 Å². The lowest BCUT2D eigenvalue weighted by molar-refractivity contribution is -0.0376. The van der Waals surface area contributed by atoms with Crippen molar-refractivity contribution in [2.75, 3.05) is 19.8 Å². The van der Waals surface area contributed by atoms with E-state index in [1.165, 1.54) is 5.56 Å². The van der Waals surface area contributed by atoms with Crippen molar-refractivity contribution >= 4 is 0 Å². The number of aliphatic hydroxyl groups excluding tert-OH is 2. The lowest BCUT2D eigenvalue weighted by Gasteiger charge is -2.10. The van der Waals surface area contributed by atoms with E-state index < -0.39 is 6.10 Å². The van der Waals surface area contributed by atoms with Crippen LogP contribution in [0.4, 0.5) is 0 Å². The van der Waals surface area contributed by atoms with Crippen LogP contribution in [0.15, 0.2) is 24.3 Å². The fourth-order valence-electron chi connectivity index (χ4n) is 2.72. The topological polar surface area (TPSA) is 58.9 Å². The number of aliphatic hydroxyl groups is 2. The van der Waals surface area contributed by atoms with Gasteiger partial charge in [-0.25, -0.2) is 0 Å². The summed E-state index contributed by atoms with van der Waals surface area (Å²) in [7, 11) is 0. The van der Waals surface area contributed by atoms with Crippen molar-refractivity contribution in [1.82, 2.24) is 0 Å². The first kappa shape index (κ1) is 13.1. The number of rotatable bonds is 1. The van der Waals surface area contributed by atoms with E-state index in [2.05, 4.69) is 0 Å². The zero-order valence-corrected chi connectivity index (χ0v) is 10.9. The second-order valence-electron chi connectivity index (χ2n) is 5.34. The summed E-state index contributed by atoms with van der Waals surface area (Å²) in [5, 5.41) is 18.6. The highest BCUT2D eigenvalue weighted by atomic mass is 16.6. The highest BCUT2D eigenvalue weighted by molar-refractivity contribution is 5.34. The van der Waals surface area contributed by atoms with Crippen molar-refractivity contribution in [3.8, 4) is 0 Å². The van der Waals surface area contributed by atoms with Crippen LogP contribution in [0.3, 0.4) is 0 Å². The molecule has 0 bridgehead atoms. The van der Waals surface area contributed by atoms with Crippen LogP contribution < -0.4 is 0 Å². The van der Waals surface area contributed by atoms with Crippen LogP contribution in [0.25, 0.3) is 0 Å². The van der Waals surface area contributed by atoms with Crippen LogP contribution >= 0.6 is 0 Å². The molecule has 4 unspecified atom stereocenters. The third-order valence-electron chi connectivity index (χ3n) is 3.96. The maximum atomic E-state index is 9.68. The highest BCUT2D eigenvalue weighted by Gasteiger charge is 2.41. The Morgan fingerprint density at radius 2 is 1.79 bits per heavy atom. The SMILES string of the molecule is C1COC2CC2O1.OCC1Cc2ccccc2C1O. The van der Waals surface area contributed by atoms with Gasteiger partial charge in [-0.3, -0.25) is 0 Å². The van der Waals surface area contributed by atoms with E-state index in [4.69, 9.17) is 14.6 Å². The molecule has 1 saturated heterocycles. The molecule has 1 aliphatic heterocycles.